The first-order valence-corrected chi connectivity index (χ1v) is 6.31. The van der Waals surface area contributed by atoms with Crippen LogP contribution in [-0.2, 0) is 4.74 Å². The summed E-state index contributed by atoms with van der Waals surface area (Å²) in [5, 5.41) is 4.43. The molecule has 1 atom stereocenters. The van der Waals surface area contributed by atoms with Crippen molar-refractivity contribution in [3.8, 4) is 11.1 Å². The van der Waals surface area contributed by atoms with Gasteiger partial charge in [0.1, 0.15) is 0 Å². The average molecular weight is 255 g/mol. The smallest absolute Gasteiger partial charge is 0.233 e. The molecule has 19 heavy (non-hydrogen) atoms. The highest BCUT2D eigenvalue weighted by molar-refractivity contribution is 5.60. The van der Waals surface area contributed by atoms with Gasteiger partial charge in [-0.2, -0.15) is 5.10 Å². The monoisotopic (exact) mass is 255 g/mol. The summed E-state index contributed by atoms with van der Waals surface area (Å²) in [7, 11) is 0. The highest BCUT2D eigenvalue weighted by atomic mass is 16.5. The molecule has 1 fully saturated rings. The predicted molar refractivity (Wildman–Crippen MR) is 68.7 cm³/mol. The van der Waals surface area contributed by atoms with Gasteiger partial charge < -0.3 is 4.74 Å². The summed E-state index contributed by atoms with van der Waals surface area (Å²) in [6, 6.07) is 0.360. The molecule has 0 amide bonds. The van der Waals surface area contributed by atoms with Gasteiger partial charge in [0.2, 0.25) is 5.78 Å². The second kappa shape index (κ2) is 4.17. The van der Waals surface area contributed by atoms with Crippen molar-refractivity contribution in [2.24, 2.45) is 0 Å². The minimum Gasteiger partial charge on any atom is -0.379 e. The Morgan fingerprint density at radius 1 is 1.16 bits per heavy atom. The third kappa shape index (κ3) is 1.80. The van der Waals surface area contributed by atoms with Gasteiger partial charge in [-0.1, -0.05) is 0 Å². The Morgan fingerprint density at radius 3 is 3.00 bits per heavy atom. The van der Waals surface area contributed by atoms with Gasteiger partial charge in [-0.3, -0.25) is 9.08 Å². The maximum atomic E-state index is 5.39. The summed E-state index contributed by atoms with van der Waals surface area (Å²) in [6.07, 6.45) is 12.4. The van der Waals surface area contributed by atoms with E-state index in [9.17, 15) is 0 Å². The van der Waals surface area contributed by atoms with Gasteiger partial charge in [0, 0.05) is 48.7 Å². The van der Waals surface area contributed by atoms with Crippen LogP contribution in [-0.4, -0.2) is 37.4 Å². The molecule has 1 saturated heterocycles. The van der Waals surface area contributed by atoms with Gasteiger partial charge in [0.15, 0.2) is 0 Å². The average Bonchev–Trinajstić information content (AvgIpc) is 3.18. The maximum absolute atomic E-state index is 5.39. The molecule has 4 rings (SSSR count). The number of imidazole rings is 1. The van der Waals surface area contributed by atoms with E-state index in [2.05, 4.69) is 21.3 Å². The number of rotatable bonds is 2. The predicted octanol–water partition coefficient (Wildman–Crippen LogP) is 1.55. The highest BCUT2D eigenvalue weighted by Crippen LogP contribution is 2.23. The van der Waals surface area contributed by atoms with Crippen LogP contribution in [0.4, 0.5) is 0 Å². The molecule has 0 aromatic carbocycles. The Balaban J connectivity index is 1.70. The molecule has 6 nitrogen and oxygen atoms in total. The summed E-state index contributed by atoms with van der Waals surface area (Å²) in [6.45, 7) is 1.57. The molecular formula is C13H13N5O. The fourth-order valence-electron chi connectivity index (χ4n) is 2.38. The second-order valence-corrected chi connectivity index (χ2v) is 4.70. The van der Waals surface area contributed by atoms with Crippen molar-refractivity contribution in [3.63, 3.8) is 0 Å². The fraction of sp³-hybridized carbons (Fsp3) is 0.308. The normalized spacial score (nSPS) is 19.3. The molecule has 1 aliphatic rings. The van der Waals surface area contributed by atoms with Crippen LogP contribution in [0, 0.1) is 0 Å². The molecule has 0 bridgehead atoms. The minimum atomic E-state index is 0.360. The largest absolute Gasteiger partial charge is 0.379 e. The molecule has 3 aromatic heterocycles. The third-order valence-electron chi connectivity index (χ3n) is 3.46. The summed E-state index contributed by atoms with van der Waals surface area (Å²) in [4.78, 5) is 8.45. The number of hydrogen-bond donors (Lipinski definition) is 0. The van der Waals surface area contributed by atoms with Gasteiger partial charge in [-0.05, 0) is 6.42 Å². The van der Waals surface area contributed by atoms with Crippen molar-refractivity contribution < 1.29 is 4.74 Å². The molecule has 0 N–H and O–H groups in total. The zero-order chi connectivity index (χ0) is 12.7. The van der Waals surface area contributed by atoms with Crippen LogP contribution in [0.2, 0.25) is 0 Å². The van der Waals surface area contributed by atoms with Gasteiger partial charge >= 0.3 is 0 Å². The van der Waals surface area contributed by atoms with Gasteiger partial charge in [-0.15, -0.1) is 0 Å². The fourth-order valence-corrected chi connectivity index (χ4v) is 2.38. The Hall–Kier alpha value is -2.21. The van der Waals surface area contributed by atoms with E-state index in [4.69, 9.17) is 4.74 Å². The zero-order valence-electron chi connectivity index (χ0n) is 10.3. The Morgan fingerprint density at radius 2 is 2.11 bits per heavy atom. The van der Waals surface area contributed by atoms with Crippen LogP contribution in [0.25, 0.3) is 16.9 Å². The van der Waals surface area contributed by atoms with Crippen molar-refractivity contribution in [1.82, 2.24) is 24.1 Å². The van der Waals surface area contributed by atoms with E-state index in [1.165, 1.54) is 0 Å². The lowest BCUT2D eigenvalue weighted by Gasteiger charge is -2.06. The summed E-state index contributed by atoms with van der Waals surface area (Å²) in [5.41, 5.74) is 2.10. The van der Waals surface area contributed by atoms with Crippen molar-refractivity contribution in [2.75, 3.05) is 13.2 Å². The number of hydrogen-bond acceptors (Lipinski definition) is 4. The van der Waals surface area contributed by atoms with Crippen molar-refractivity contribution in [3.05, 3.63) is 37.2 Å². The summed E-state index contributed by atoms with van der Waals surface area (Å²) in [5.74, 6) is 0.709. The van der Waals surface area contributed by atoms with Crippen molar-refractivity contribution in [2.45, 2.75) is 12.5 Å². The molecule has 0 spiro atoms. The molecule has 0 saturated carbocycles. The summed E-state index contributed by atoms with van der Waals surface area (Å²) >= 11 is 0. The van der Waals surface area contributed by atoms with E-state index in [1.807, 2.05) is 33.9 Å². The van der Waals surface area contributed by atoms with Crippen LogP contribution in [0.15, 0.2) is 37.2 Å². The van der Waals surface area contributed by atoms with E-state index in [0.29, 0.717) is 11.8 Å². The zero-order valence-corrected chi connectivity index (χ0v) is 10.3. The van der Waals surface area contributed by atoms with Crippen LogP contribution in [0.5, 0.6) is 0 Å². The summed E-state index contributed by atoms with van der Waals surface area (Å²) < 4.78 is 9.28. The SMILES string of the molecule is c1cn2cc(-c3cnn(C4CCOC4)c3)cnc2n1. The van der Waals surface area contributed by atoms with Crippen LogP contribution >= 0.6 is 0 Å². The number of fused-ring (bicyclic) bond motifs is 1. The highest BCUT2D eigenvalue weighted by Gasteiger charge is 2.18. The van der Waals surface area contributed by atoms with E-state index >= 15 is 0 Å². The lowest BCUT2D eigenvalue weighted by molar-refractivity contribution is 0.184. The van der Waals surface area contributed by atoms with Crippen molar-refractivity contribution >= 4 is 5.78 Å². The molecule has 0 aliphatic carbocycles. The first kappa shape index (κ1) is 10.7. The lowest BCUT2D eigenvalue weighted by atomic mass is 10.2. The minimum absolute atomic E-state index is 0.360. The quantitative estimate of drug-likeness (QED) is 0.697. The first-order chi connectivity index (χ1) is 9.40. The standard InChI is InChI=1S/C13H13N5O/c1-4-19-9-12(1)18-8-11(6-16-18)10-5-15-13-14-2-3-17(13)7-10/h2-3,5-8,12H,1,4,9H2. The Kier molecular flexibility index (Phi) is 2.34. The molecule has 4 heterocycles. The lowest BCUT2D eigenvalue weighted by Crippen LogP contribution is -2.08. The van der Waals surface area contributed by atoms with E-state index < -0.39 is 0 Å². The number of aromatic nitrogens is 5. The van der Waals surface area contributed by atoms with Crippen molar-refractivity contribution in [1.29, 1.82) is 0 Å². The van der Waals surface area contributed by atoms with Crippen LogP contribution in [0.3, 0.4) is 0 Å². The second-order valence-electron chi connectivity index (χ2n) is 4.70. The Labute approximate surface area is 109 Å². The molecule has 3 aromatic rings. The molecular weight excluding hydrogens is 242 g/mol. The first-order valence-electron chi connectivity index (χ1n) is 6.31. The molecule has 1 unspecified atom stereocenters. The molecule has 96 valence electrons. The van der Waals surface area contributed by atoms with E-state index in [0.717, 1.165) is 30.8 Å². The van der Waals surface area contributed by atoms with Gasteiger partial charge in [0.25, 0.3) is 0 Å². The third-order valence-corrected chi connectivity index (χ3v) is 3.46. The van der Waals surface area contributed by atoms with Gasteiger partial charge in [0.05, 0.1) is 18.8 Å². The van der Waals surface area contributed by atoms with E-state index in [-0.39, 0.29) is 0 Å². The maximum Gasteiger partial charge on any atom is 0.233 e. The number of ether oxygens (including phenoxy) is 1. The van der Waals surface area contributed by atoms with Crippen LogP contribution < -0.4 is 0 Å². The molecule has 6 heteroatoms. The number of nitrogens with zero attached hydrogens (tertiary/aromatic N) is 5. The Bertz CT molecular complexity index is 710. The molecule has 0 radical (unpaired) electrons. The molecule has 1 aliphatic heterocycles. The van der Waals surface area contributed by atoms with Gasteiger partial charge in [-0.25, -0.2) is 9.97 Å². The topological polar surface area (TPSA) is 57.2 Å². The van der Waals surface area contributed by atoms with Crippen LogP contribution in [0.1, 0.15) is 12.5 Å². The van der Waals surface area contributed by atoms with E-state index in [1.54, 1.807) is 6.20 Å².